The summed E-state index contributed by atoms with van der Waals surface area (Å²) in [7, 11) is 0. The van der Waals surface area contributed by atoms with E-state index in [4.69, 9.17) is 5.11 Å². The van der Waals surface area contributed by atoms with Gasteiger partial charge in [-0.3, -0.25) is 9.59 Å². The number of likely N-dealkylation sites (tertiary alicyclic amines) is 1. The number of piperidine rings is 1. The van der Waals surface area contributed by atoms with Crippen molar-refractivity contribution in [3.63, 3.8) is 0 Å². The highest BCUT2D eigenvalue weighted by Gasteiger charge is 2.28. The fraction of sp³-hybridized carbons (Fsp3) is 0.846. The third-order valence-corrected chi connectivity index (χ3v) is 5.19. The van der Waals surface area contributed by atoms with Crippen LogP contribution >= 0.6 is 11.8 Å². The lowest BCUT2D eigenvalue weighted by Crippen LogP contribution is -2.33. The first kappa shape index (κ1) is 14.7. The summed E-state index contributed by atoms with van der Waals surface area (Å²) in [5, 5.41) is 12.7. The van der Waals surface area contributed by atoms with Gasteiger partial charge in [0.2, 0.25) is 5.91 Å². The average Bonchev–Trinajstić information content (AvgIpc) is 2.85. The van der Waals surface area contributed by atoms with Crippen molar-refractivity contribution in [3.8, 4) is 0 Å². The molecule has 5 nitrogen and oxygen atoms in total. The first-order valence-electron chi connectivity index (χ1n) is 6.97. The van der Waals surface area contributed by atoms with Crippen molar-refractivity contribution < 1.29 is 14.7 Å². The predicted octanol–water partition coefficient (Wildman–Crippen LogP) is 0.795. The molecule has 0 spiro atoms. The van der Waals surface area contributed by atoms with Crippen LogP contribution in [0.25, 0.3) is 0 Å². The molecule has 2 aliphatic heterocycles. The van der Waals surface area contributed by atoms with Gasteiger partial charge in [0.1, 0.15) is 0 Å². The maximum Gasteiger partial charge on any atom is 0.303 e. The van der Waals surface area contributed by atoms with Crippen molar-refractivity contribution in [2.45, 2.75) is 30.9 Å². The van der Waals surface area contributed by atoms with Crippen LogP contribution in [0.4, 0.5) is 0 Å². The molecule has 1 unspecified atom stereocenters. The van der Waals surface area contributed by atoms with Crippen LogP contribution in [0.3, 0.4) is 0 Å². The minimum atomic E-state index is -0.761. The first-order chi connectivity index (χ1) is 9.15. The molecule has 2 fully saturated rings. The second kappa shape index (κ2) is 7.14. The number of nitrogens with one attached hydrogen (secondary N) is 1. The monoisotopic (exact) mass is 286 g/mol. The Kier molecular flexibility index (Phi) is 5.51. The molecule has 19 heavy (non-hydrogen) atoms. The number of carboxylic acid groups (broad SMARTS) is 1. The Labute approximate surface area is 118 Å². The number of carbonyl (C=O) groups excluding carboxylic acids is 1. The summed E-state index contributed by atoms with van der Waals surface area (Å²) < 4.78 is 0. The Hall–Kier alpha value is -0.750. The SMILES string of the molecule is O=C(O)CC1CCN(C(=O)CSC2CCNCC2)C1. The van der Waals surface area contributed by atoms with Gasteiger partial charge in [0.15, 0.2) is 0 Å². The molecule has 0 aromatic heterocycles. The largest absolute Gasteiger partial charge is 0.481 e. The number of rotatable bonds is 5. The van der Waals surface area contributed by atoms with Gasteiger partial charge in [-0.2, -0.15) is 0 Å². The molecule has 2 aliphatic rings. The van der Waals surface area contributed by atoms with E-state index >= 15 is 0 Å². The van der Waals surface area contributed by atoms with Gasteiger partial charge in [0.25, 0.3) is 0 Å². The van der Waals surface area contributed by atoms with E-state index in [2.05, 4.69) is 5.32 Å². The molecule has 0 bridgehead atoms. The minimum Gasteiger partial charge on any atom is -0.481 e. The Morgan fingerprint density at radius 2 is 2.00 bits per heavy atom. The summed E-state index contributed by atoms with van der Waals surface area (Å²) in [5.74, 6) is 0.106. The van der Waals surface area contributed by atoms with Crippen LogP contribution in [0.2, 0.25) is 0 Å². The van der Waals surface area contributed by atoms with Crippen molar-refractivity contribution in [2.24, 2.45) is 5.92 Å². The maximum atomic E-state index is 12.1. The van der Waals surface area contributed by atoms with E-state index in [9.17, 15) is 9.59 Å². The van der Waals surface area contributed by atoms with Gasteiger partial charge in [-0.15, -0.1) is 11.8 Å². The standard InChI is InChI=1S/C13H22N2O3S/c16-12(9-19-11-1-4-14-5-2-11)15-6-3-10(8-15)7-13(17)18/h10-11,14H,1-9H2,(H,17,18). The Bertz CT molecular complexity index is 332. The van der Waals surface area contributed by atoms with Crippen LogP contribution in [0.15, 0.2) is 0 Å². The smallest absolute Gasteiger partial charge is 0.303 e. The molecule has 2 rings (SSSR count). The average molecular weight is 286 g/mol. The number of nitrogens with zero attached hydrogens (tertiary/aromatic N) is 1. The molecular formula is C13H22N2O3S. The molecule has 108 valence electrons. The van der Waals surface area contributed by atoms with Gasteiger partial charge in [-0.1, -0.05) is 0 Å². The summed E-state index contributed by atoms with van der Waals surface area (Å²) in [6.07, 6.45) is 3.29. The van der Waals surface area contributed by atoms with Gasteiger partial charge in [0.05, 0.1) is 5.75 Å². The highest BCUT2D eigenvalue weighted by molar-refractivity contribution is 8.00. The fourth-order valence-electron chi connectivity index (χ4n) is 2.72. The summed E-state index contributed by atoms with van der Waals surface area (Å²) in [6, 6.07) is 0. The van der Waals surface area contributed by atoms with Crippen LogP contribution in [0, 0.1) is 5.92 Å². The van der Waals surface area contributed by atoms with E-state index in [0.717, 1.165) is 38.9 Å². The quantitative estimate of drug-likeness (QED) is 0.782. The number of amides is 1. The molecule has 6 heteroatoms. The zero-order valence-corrected chi connectivity index (χ0v) is 12.0. The normalized spacial score (nSPS) is 24.6. The number of thioether (sulfide) groups is 1. The molecule has 0 aromatic rings. The van der Waals surface area contributed by atoms with E-state index < -0.39 is 5.97 Å². The van der Waals surface area contributed by atoms with Gasteiger partial charge >= 0.3 is 5.97 Å². The highest BCUT2D eigenvalue weighted by atomic mass is 32.2. The molecule has 1 amide bonds. The van der Waals surface area contributed by atoms with E-state index in [1.807, 2.05) is 4.90 Å². The first-order valence-corrected chi connectivity index (χ1v) is 8.02. The lowest BCUT2D eigenvalue weighted by atomic mass is 10.1. The molecule has 2 N–H and O–H groups in total. The second-order valence-corrected chi connectivity index (χ2v) is 6.64. The number of carboxylic acids is 1. The van der Waals surface area contributed by atoms with Crippen molar-refractivity contribution in [1.82, 2.24) is 10.2 Å². The lowest BCUT2D eigenvalue weighted by Gasteiger charge is -2.23. The molecule has 0 aliphatic carbocycles. The van der Waals surface area contributed by atoms with E-state index in [0.29, 0.717) is 17.5 Å². The Balaban J connectivity index is 1.67. The summed E-state index contributed by atoms with van der Waals surface area (Å²) in [5.41, 5.74) is 0. The van der Waals surface area contributed by atoms with Gasteiger partial charge in [0, 0.05) is 24.8 Å². The molecule has 0 radical (unpaired) electrons. The Morgan fingerprint density at radius 1 is 1.26 bits per heavy atom. The minimum absolute atomic E-state index is 0.144. The van der Waals surface area contributed by atoms with Crippen molar-refractivity contribution >= 4 is 23.6 Å². The summed E-state index contributed by atoms with van der Waals surface area (Å²) in [4.78, 5) is 24.5. The zero-order valence-electron chi connectivity index (χ0n) is 11.1. The summed E-state index contributed by atoms with van der Waals surface area (Å²) in [6.45, 7) is 3.45. The number of hydrogen-bond acceptors (Lipinski definition) is 4. The molecule has 0 aromatic carbocycles. The zero-order chi connectivity index (χ0) is 13.7. The number of carbonyl (C=O) groups is 2. The van der Waals surface area contributed by atoms with Crippen molar-refractivity contribution in [2.75, 3.05) is 31.9 Å². The maximum absolute atomic E-state index is 12.1. The van der Waals surface area contributed by atoms with Gasteiger partial charge < -0.3 is 15.3 Å². The van der Waals surface area contributed by atoms with Gasteiger partial charge in [-0.25, -0.2) is 0 Å². The topological polar surface area (TPSA) is 69.6 Å². The number of hydrogen-bond donors (Lipinski definition) is 2. The van der Waals surface area contributed by atoms with E-state index in [1.165, 1.54) is 0 Å². The van der Waals surface area contributed by atoms with Crippen LogP contribution in [0.1, 0.15) is 25.7 Å². The van der Waals surface area contributed by atoms with Crippen LogP contribution in [0.5, 0.6) is 0 Å². The van der Waals surface area contributed by atoms with E-state index in [-0.39, 0.29) is 18.2 Å². The second-order valence-electron chi connectivity index (χ2n) is 5.35. The predicted molar refractivity (Wildman–Crippen MR) is 75.3 cm³/mol. The molecule has 2 heterocycles. The van der Waals surface area contributed by atoms with Crippen molar-refractivity contribution in [1.29, 1.82) is 0 Å². The van der Waals surface area contributed by atoms with Crippen LogP contribution in [-0.4, -0.2) is 59.1 Å². The Morgan fingerprint density at radius 3 is 2.68 bits per heavy atom. The molecule has 2 saturated heterocycles. The number of aliphatic carboxylic acids is 1. The van der Waals surface area contributed by atoms with Crippen LogP contribution < -0.4 is 5.32 Å². The summed E-state index contributed by atoms with van der Waals surface area (Å²) >= 11 is 1.76. The van der Waals surface area contributed by atoms with E-state index in [1.54, 1.807) is 11.8 Å². The van der Waals surface area contributed by atoms with Crippen molar-refractivity contribution in [3.05, 3.63) is 0 Å². The molecule has 1 atom stereocenters. The lowest BCUT2D eigenvalue weighted by molar-refractivity contribution is -0.138. The fourth-order valence-corrected chi connectivity index (χ4v) is 3.85. The van der Waals surface area contributed by atoms with Gasteiger partial charge in [-0.05, 0) is 38.3 Å². The highest BCUT2D eigenvalue weighted by Crippen LogP contribution is 2.23. The van der Waals surface area contributed by atoms with Crippen LogP contribution in [-0.2, 0) is 9.59 Å². The third-order valence-electron chi connectivity index (χ3n) is 3.83. The molecule has 0 saturated carbocycles. The molecular weight excluding hydrogens is 264 g/mol. The third kappa shape index (κ3) is 4.69.